The first-order valence-corrected chi connectivity index (χ1v) is 8.46. The smallest absolute Gasteiger partial charge is 0.122 e. The Kier molecular flexibility index (Phi) is 5.83. The average molecular weight is 344 g/mol. The van der Waals surface area contributed by atoms with Crippen molar-refractivity contribution in [2.24, 2.45) is 20.5 Å². The summed E-state index contributed by atoms with van der Waals surface area (Å²) in [6, 6.07) is 22.9. The summed E-state index contributed by atoms with van der Waals surface area (Å²) in [5.74, 6) is 0.875. The minimum absolute atomic E-state index is 0.648. The third-order valence-electron chi connectivity index (χ3n) is 3.63. The monoisotopic (exact) mass is 344 g/mol. The van der Waals surface area contributed by atoms with Gasteiger partial charge in [-0.3, -0.25) is 0 Å². The molecule has 0 saturated carbocycles. The van der Waals surface area contributed by atoms with Crippen LogP contribution in [0.2, 0.25) is 0 Å². The van der Waals surface area contributed by atoms with Gasteiger partial charge in [-0.2, -0.15) is 20.5 Å². The number of benzene rings is 3. The molecule has 0 heterocycles. The van der Waals surface area contributed by atoms with E-state index in [1.54, 1.807) is 0 Å². The zero-order valence-corrected chi connectivity index (χ0v) is 14.8. The summed E-state index contributed by atoms with van der Waals surface area (Å²) in [5, 5.41) is 16.9. The van der Waals surface area contributed by atoms with E-state index in [1.165, 1.54) is 0 Å². The lowest BCUT2D eigenvalue weighted by Gasteiger charge is -2.06. The van der Waals surface area contributed by atoms with Gasteiger partial charge in [0.15, 0.2) is 0 Å². The van der Waals surface area contributed by atoms with Gasteiger partial charge >= 0.3 is 0 Å². The third kappa shape index (κ3) is 4.83. The number of aryl methyl sites for hydroxylation is 1. The van der Waals surface area contributed by atoms with Gasteiger partial charge in [0, 0.05) is 0 Å². The standard InChI is InChI=1S/C21H20N4O/c1-3-26-21-14-13-20(15-16(21)2)25-24-19-11-9-18(10-12-19)23-22-17-7-5-4-6-8-17/h4-15H,3H2,1-2H3. The van der Waals surface area contributed by atoms with Crippen molar-refractivity contribution < 1.29 is 4.74 Å². The van der Waals surface area contributed by atoms with Crippen LogP contribution in [0.1, 0.15) is 12.5 Å². The van der Waals surface area contributed by atoms with Gasteiger partial charge in [0.25, 0.3) is 0 Å². The molecule has 3 rings (SSSR count). The maximum atomic E-state index is 5.53. The number of hydrogen-bond donors (Lipinski definition) is 0. The van der Waals surface area contributed by atoms with Gasteiger partial charge in [-0.25, -0.2) is 0 Å². The molecule has 0 aliphatic rings. The molecular weight excluding hydrogens is 324 g/mol. The van der Waals surface area contributed by atoms with E-state index in [4.69, 9.17) is 4.74 Å². The van der Waals surface area contributed by atoms with Crippen LogP contribution in [0.5, 0.6) is 5.75 Å². The fourth-order valence-electron chi connectivity index (χ4n) is 2.32. The molecule has 0 fully saturated rings. The van der Waals surface area contributed by atoms with Crippen LogP contribution in [-0.4, -0.2) is 6.61 Å². The van der Waals surface area contributed by atoms with E-state index in [1.807, 2.05) is 86.6 Å². The van der Waals surface area contributed by atoms with Gasteiger partial charge < -0.3 is 4.74 Å². The lowest BCUT2D eigenvalue weighted by atomic mass is 10.2. The van der Waals surface area contributed by atoms with Crippen molar-refractivity contribution in [2.45, 2.75) is 13.8 Å². The zero-order valence-electron chi connectivity index (χ0n) is 14.8. The second kappa shape index (κ2) is 8.67. The molecule has 0 radical (unpaired) electrons. The summed E-state index contributed by atoms with van der Waals surface area (Å²) < 4.78 is 5.53. The summed E-state index contributed by atoms with van der Waals surface area (Å²) in [4.78, 5) is 0. The zero-order chi connectivity index (χ0) is 18.2. The molecule has 3 aromatic rings. The largest absolute Gasteiger partial charge is 0.494 e. The van der Waals surface area contributed by atoms with Crippen LogP contribution in [0.25, 0.3) is 0 Å². The van der Waals surface area contributed by atoms with Crippen LogP contribution in [0, 0.1) is 6.92 Å². The van der Waals surface area contributed by atoms with Gasteiger partial charge in [-0.1, -0.05) is 18.2 Å². The normalized spacial score (nSPS) is 11.3. The van der Waals surface area contributed by atoms with E-state index in [9.17, 15) is 0 Å². The Bertz CT molecular complexity index is 903. The molecule has 0 N–H and O–H groups in total. The van der Waals surface area contributed by atoms with Crippen molar-refractivity contribution in [3.05, 3.63) is 78.4 Å². The molecular formula is C21H20N4O. The molecule has 5 nitrogen and oxygen atoms in total. The fourth-order valence-corrected chi connectivity index (χ4v) is 2.32. The number of nitrogens with zero attached hydrogens (tertiary/aromatic N) is 4. The molecule has 0 amide bonds. The van der Waals surface area contributed by atoms with Gasteiger partial charge in [0.05, 0.1) is 29.4 Å². The highest BCUT2D eigenvalue weighted by atomic mass is 16.5. The molecule has 0 spiro atoms. The molecule has 0 saturated heterocycles. The number of ether oxygens (including phenoxy) is 1. The summed E-state index contributed by atoms with van der Waals surface area (Å²) >= 11 is 0. The van der Waals surface area contributed by atoms with Crippen LogP contribution in [-0.2, 0) is 0 Å². The van der Waals surface area contributed by atoms with Crippen LogP contribution in [0.15, 0.2) is 93.3 Å². The molecule has 130 valence electrons. The molecule has 0 unspecified atom stereocenters. The predicted molar refractivity (Wildman–Crippen MR) is 104 cm³/mol. The van der Waals surface area contributed by atoms with Crippen LogP contribution in [0.3, 0.4) is 0 Å². The Balaban J connectivity index is 1.66. The lowest BCUT2D eigenvalue weighted by molar-refractivity contribution is 0.338. The Morgan fingerprint density at radius 1 is 0.654 bits per heavy atom. The van der Waals surface area contributed by atoms with Crippen LogP contribution in [0.4, 0.5) is 22.7 Å². The van der Waals surface area contributed by atoms with E-state index < -0.39 is 0 Å². The van der Waals surface area contributed by atoms with E-state index in [2.05, 4.69) is 20.5 Å². The molecule has 0 atom stereocenters. The van der Waals surface area contributed by atoms with Gasteiger partial charge in [0.2, 0.25) is 0 Å². The first-order chi connectivity index (χ1) is 12.7. The quantitative estimate of drug-likeness (QED) is 0.435. The summed E-state index contributed by atoms with van der Waals surface area (Å²) in [6.07, 6.45) is 0. The van der Waals surface area contributed by atoms with Crippen molar-refractivity contribution in [3.63, 3.8) is 0 Å². The third-order valence-corrected chi connectivity index (χ3v) is 3.63. The van der Waals surface area contributed by atoms with Crippen LogP contribution >= 0.6 is 0 Å². The minimum atomic E-state index is 0.648. The number of hydrogen-bond acceptors (Lipinski definition) is 5. The number of rotatable bonds is 6. The van der Waals surface area contributed by atoms with Gasteiger partial charge in [0.1, 0.15) is 5.75 Å². The highest BCUT2D eigenvalue weighted by Gasteiger charge is 2.00. The lowest BCUT2D eigenvalue weighted by Crippen LogP contribution is -1.92. The SMILES string of the molecule is CCOc1ccc(N=Nc2ccc(N=Nc3ccccc3)cc2)cc1C. The summed E-state index contributed by atoms with van der Waals surface area (Å²) in [5.41, 5.74) is 4.18. The maximum Gasteiger partial charge on any atom is 0.122 e. The average Bonchev–Trinajstić information content (AvgIpc) is 2.68. The van der Waals surface area contributed by atoms with Gasteiger partial charge in [-0.05, 0) is 74.0 Å². The van der Waals surface area contributed by atoms with Crippen molar-refractivity contribution in [2.75, 3.05) is 6.61 Å². The van der Waals surface area contributed by atoms with Crippen molar-refractivity contribution >= 4 is 22.7 Å². The second-order valence-corrected chi connectivity index (χ2v) is 5.63. The molecule has 26 heavy (non-hydrogen) atoms. The first-order valence-electron chi connectivity index (χ1n) is 8.46. The molecule has 0 bridgehead atoms. The molecule has 0 aliphatic heterocycles. The summed E-state index contributed by atoms with van der Waals surface area (Å²) in [7, 11) is 0. The predicted octanol–water partition coefficient (Wildman–Crippen LogP) is 7.22. The Labute approximate surface area is 153 Å². The first kappa shape index (κ1) is 17.5. The molecule has 0 aliphatic carbocycles. The van der Waals surface area contributed by atoms with Crippen molar-refractivity contribution in [3.8, 4) is 5.75 Å². The fraction of sp³-hybridized carbons (Fsp3) is 0.143. The van der Waals surface area contributed by atoms with E-state index >= 15 is 0 Å². The van der Waals surface area contributed by atoms with Crippen LogP contribution < -0.4 is 4.74 Å². The summed E-state index contributed by atoms with van der Waals surface area (Å²) in [6.45, 7) is 4.61. The number of azo groups is 2. The van der Waals surface area contributed by atoms with E-state index in [-0.39, 0.29) is 0 Å². The highest BCUT2D eigenvalue weighted by molar-refractivity contribution is 5.49. The highest BCUT2D eigenvalue weighted by Crippen LogP contribution is 2.26. The second-order valence-electron chi connectivity index (χ2n) is 5.63. The van der Waals surface area contributed by atoms with Crippen molar-refractivity contribution in [1.29, 1.82) is 0 Å². The minimum Gasteiger partial charge on any atom is -0.494 e. The molecule has 0 aromatic heterocycles. The Morgan fingerprint density at radius 3 is 1.69 bits per heavy atom. The molecule has 3 aromatic carbocycles. The van der Waals surface area contributed by atoms with Crippen molar-refractivity contribution in [1.82, 2.24) is 0 Å². The topological polar surface area (TPSA) is 58.7 Å². The maximum absolute atomic E-state index is 5.53. The Hall–Kier alpha value is -3.34. The van der Waals surface area contributed by atoms with E-state index in [0.717, 1.165) is 34.1 Å². The molecule has 5 heteroatoms. The Morgan fingerprint density at radius 2 is 1.15 bits per heavy atom. The van der Waals surface area contributed by atoms with Gasteiger partial charge in [-0.15, -0.1) is 0 Å². The van der Waals surface area contributed by atoms with E-state index in [0.29, 0.717) is 6.61 Å².